The van der Waals surface area contributed by atoms with Crippen LogP contribution in [0.2, 0.25) is 0 Å². The Labute approximate surface area is 200 Å². The predicted octanol–water partition coefficient (Wildman–Crippen LogP) is 4.38. The van der Waals surface area contributed by atoms with Crippen LogP contribution in [0.25, 0.3) is 0 Å². The van der Waals surface area contributed by atoms with E-state index in [1.165, 1.54) is 0 Å². The van der Waals surface area contributed by atoms with E-state index in [9.17, 15) is 4.79 Å². The zero-order valence-corrected chi connectivity index (χ0v) is 19.4. The molecule has 5 rings (SSSR count). The lowest BCUT2D eigenvalue weighted by Gasteiger charge is -2.36. The summed E-state index contributed by atoms with van der Waals surface area (Å²) in [6, 6.07) is 17.6. The second-order valence-electron chi connectivity index (χ2n) is 9.41. The highest BCUT2D eigenvalue weighted by Crippen LogP contribution is 2.33. The van der Waals surface area contributed by atoms with Crippen molar-refractivity contribution in [1.82, 2.24) is 9.80 Å². The molecule has 0 N–H and O–H groups in total. The zero-order chi connectivity index (χ0) is 23.3. The topological polar surface area (TPSA) is 75.0 Å². The van der Waals surface area contributed by atoms with E-state index in [-0.39, 0.29) is 18.2 Å². The van der Waals surface area contributed by atoms with Gasteiger partial charge in [-0.3, -0.25) is 9.80 Å². The molecular weight excluding hydrogens is 430 g/mol. The first-order valence-electron chi connectivity index (χ1n) is 12.2. The van der Waals surface area contributed by atoms with E-state index in [0.717, 1.165) is 57.4 Å². The largest absolute Gasteiger partial charge is 0.486 e. The highest BCUT2D eigenvalue weighted by atomic mass is 16.6. The molecule has 0 radical (unpaired) electrons. The van der Waals surface area contributed by atoms with Crippen LogP contribution in [0.5, 0.6) is 11.5 Å². The lowest BCUT2D eigenvalue weighted by atomic mass is 9.92. The van der Waals surface area contributed by atoms with Gasteiger partial charge in [-0.1, -0.05) is 30.3 Å². The van der Waals surface area contributed by atoms with Crippen LogP contribution in [0.15, 0.2) is 48.5 Å². The number of carbonyl (C=O) groups excluding carboxylic acids is 1. The number of benzene rings is 2. The number of nitriles is 1. The number of nitrogens with zero attached hydrogens (tertiary/aromatic N) is 3. The first kappa shape index (κ1) is 22.5. The number of amides is 1. The smallest absolute Gasteiger partial charge is 0.410 e. The Hall–Kier alpha value is -3.24. The summed E-state index contributed by atoms with van der Waals surface area (Å²) < 4.78 is 17.3. The number of likely N-dealkylation sites (tertiary alicyclic amines) is 1. The number of ether oxygens (including phenoxy) is 3. The van der Waals surface area contributed by atoms with Gasteiger partial charge in [0.2, 0.25) is 0 Å². The van der Waals surface area contributed by atoms with Gasteiger partial charge in [-0.25, -0.2) is 4.79 Å². The van der Waals surface area contributed by atoms with Crippen LogP contribution in [0.3, 0.4) is 0 Å². The van der Waals surface area contributed by atoms with Gasteiger partial charge in [0.05, 0.1) is 17.7 Å². The van der Waals surface area contributed by atoms with Crippen LogP contribution in [-0.2, 0) is 4.74 Å². The third kappa shape index (κ3) is 5.13. The van der Waals surface area contributed by atoms with E-state index in [0.29, 0.717) is 36.2 Å². The number of cyclic esters (lactones) is 1. The first-order chi connectivity index (χ1) is 16.7. The monoisotopic (exact) mass is 461 g/mol. The molecule has 2 atom stereocenters. The molecule has 178 valence electrons. The van der Waals surface area contributed by atoms with Crippen molar-refractivity contribution in [2.24, 2.45) is 5.92 Å². The molecule has 7 heteroatoms. The third-order valence-corrected chi connectivity index (χ3v) is 7.13. The number of carbonyl (C=O) groups is 1. The van der Waals surface area contributed by atoms with Crippen molar-refractivity contribution >= 4 is 6.09 Å². The Morgan fingerprint density at radius 3 is 2.62 bits per heavy atom. The van der Waals surface area contributed by atoms with Crippen LogP contribution in [-0.4, -0.2) is 61.4 Å². The van der Waals surface area contributed by atoms with Crippen molar-refractivity contribution in [2.75, 3.05) is 39.4 Å². The summed E-state index contributed by atoms with van der Waals surface area (Å²) in [5.74, 6) is 2.07. The third-order valence-electron chi connectivity index (χ3n) is 7.13. The van der Waals surface area contributed by atoms with Crippen molar-refractivity contribution in [3.8, 4) is 17.6 Å². The van der Waals surface area contributed by atoms with Crippen LogP contribution < -0.4 is 9.47 Å². The molecular formula is C27H31N3O4. The minimum Gasteiger partial charge on any atom is -0.486 e. The van der Waals surface area contributed by atoms with Gasteiger partial charge in [-0.2, -0.15) is 5.26 Å². The molecule has 0 saturated carbocycles. The van der Waals surface area contributed by atoms with Gasteiger partial charge in [0.25, 0.3) is 0 Å². The molecule has 0 bridgehead atoms. The molecule has 3 heterocycles. The van der Waals surface area contributed by atoms with Gasteiger partial charge < -0.3 is 14.2 Å². The van der Waals surface area contributed by atoms with E-state index < -0.39 is 0 Å². The van der Waals surface area contributed by atoms with Crippen LogP contribution in [0, 0.1) is 17.2 Å². The zero-order valence-electron chi connectivity index (χ0n) is 19.4. The maximum Gasteiger partial charge on any atom is 0.410 e. The molecule has 2 aromatic rings. The van der Waals surface area contributed by atoms with Crippen LogP contribution in [0.4, 0.5) is 4.79 Å². The maximum atomic E-state index is 12.2. The fourth-order valence-electron chi connectivity index (χ4n) is 5.22. The van der Waals surface area contributed by atoms with Gasteiger partial charge in [-0.15, -0.1) is 0 Å². The highest BCUT2D eigenvalue weighted by Gasteiger charge is 2.34. The van der Waals surface area contributed by atoms with Gasteiger partial charge in [0, 0.05) is 19.2 Å². The predicted molar refractivity (Wildman–Crippen MR) is 127 cm³/mol. The number of hydrogen-bond donors (Lipinski definition) is 0. The quantitative estimate of drug-likeness (QED) is 0.609. The number of hydrogen-bond acceptors (Lipinski definition) is 6. The second-order valence-corrected chi connectivity index (χ2v) is 9.41. The summed E-state index contributed by atoms with van der Waals surface area (Å²) >= 11 is 0. The van der Waals surface area contributed by atoms with Crippen LogP contribution >= 0.6 is 0 Å². The van der Waals surface area contributed by atoms with Gasteiger partial charge in [-0.05, 0) is 62.4 Å². The number of fused-ring (bicyclic) bond motifs is 1. The Morgan fingerprint density at radius 1 is 1.00 bits per heavy atom. The molecule has 34 heavy (non-hydrogen) atoms. The number of piperidine rings is 1. The lowest BCUT2D eigenvalue weighted by molar-refractivity contribution is 0.0469. The second kappa shape index (κ2) is 10.4. The van der Waals surface area contributed by atoms with E-state index >= 15 is 0 Å². The molecule has 3 aliphatic heterocycles. The summed E-state index contributed by atoms with van der Waals surface area (Å²) in [6.45, 7) is 4.66. The average Bonchev–Trinajstić information content (AvgIpc) is 3.25. The summed E-state index contributed by atoms with van der Waals surface area (Å²) in [4.78, 5) is 16.6. The fraction of sp³-hybridized carbons (Fsp3) is 0.481. The van der Waals surface area contributed by atoms with E-state index in [2.05, 4.69) is 23.1 Å². The average molecular weight is 462 g/mol. The van der Waals surface area contributed by atoms with Gasteiger partial charge >= 0.3 is 6.09 Å². The first-order valence-corrected chi connectivity index (χ1v) is 12.2. The molecule has 1 amide bonds. The SMILES string of the molecule is N#Cc1ccc2c(c1)O[C@@H](CN1CCC(CCCN3C(=O)OC[C@H]3c3ccccc3)CC1)CO2. The minimum absolute atomic E-state index is 0.0194. The Bertz CT molecular complexity index is 1030. The Balaban J connectivity index is 1.05. The van der Waals surface area contributed by atoms with Crippen molar-refractivity contribution in [1.29, 1.82) is 5.26 Å². The molecule has 2 fully saturated rings. The van der Waals surface area contributed by atoms with E-state index in [4.69, 9.17) is 19.5 Å². The maximum absolute atomic E-state index is 12.2. The Morgan fingerprint density at radius 2 is 1.82 bits per heavy atom. The molecule has 0 aromatic heterocycles. The standard InChI is InChI=1S/C27H31N3O4/c28-16-21-8-9-25-26(15-21)34-23(18-32-25)17-29-13-10-20(11-14-29)5-4-12-30-24(19-33-27(30)31)22-6-2-1-3-7-22/h1-3,6-9,15,20,23-24H,4-5,10-14,17-19H2/t23-,24-/m0/s1. The molecule has 2 saturated heterocycles. The minimum atomic E-state index is -0.193. The summed E-state index contributed by atoms with van der Waals surface area (Å²) in [5.41, 5.74) is 1.73. The molecule has 0 unspecified atom stereocenters. The summed E-state index contributed by atoms with van der Waals surface area (Å²) in [7, 11) is 0. The van der Waals surface area contributed by atoms with E-state index in [1.807, 2.05) is 23.1 Å². The normalized spacial score (nSPS) is 22.9. The Kier molecular flexibility index (Phi) is 6.87. The molecule has 3 aliphatic rings. The van der Waals surface area contributed by atoms with Gasteiger partial charge in [0.15, 0.2) is 11.5 Å². The molecule has 2 aromatic carbocycles. The lowest BCUT2D eigenvalue weighted by Crippen LogP contribution is -2.44. The van der Waals surface area contributed by atoms with Gasteiger partial charge in [0.1, 0.15) is 19.3 Å². The summed E-state index contributed by atoms with van der Waals surface area (Å²) in [6.07, 6.45) is 4.24. The van der Waals surface area contributed by atoms with Crippen molar-refractivity contribution in [3.05, 3.63) is 59.7 Å². The number of rotatable bonds is 7. The van der Waals surface area contributed by atoms with Crippen molar-refractivity contribution < 1.29 is 19.0 Å². The molecule has 7 nitrogen and oxygen atoms in total. The summed E-state index contributed by atoms with van der Waals surface area (Å²) in [5, 5.41) is 9.11. The highest BCUT2D eigenvalue weighted by molar-refractivity contribution is 5.70. The fourth-order valence-corrected chi connectivity index (χ4v) is 5.22. The van der Waals surface area contributed by atoms with E-state index in [1.54, 1.807) is 18.2 Å². The molecule has 0 spiro atoms. The molecule has 0 aliphatic carbocycles. The van der Waals surface area contributed by atoms with Crippen LogP contribution in [0.1, 0.15) is 42.9 Å². The van der Waals surface area contributed by atoms with Crippen molar-refractivity contribution in [3.63, 3.8) is 0 Å². The van der Waals surface area contributed by atoms with Crippen molar-refractivity contribution in [2.45, 2.75) is 37.8 Å².